The van der Waals surface area contributed by atoms with Gasteiger partial charge in [0.15, 0.2) is 0 Å². The lowest BCUT2D eigenvalue weighted by Gasteiger charge is -2.44. The van der Waals surface area contributed by atoms with E-state index in [1.165, 1.54) is 0 Å². The molecule has 0 aliphatic carbocycles. The number of anilines is 1. The number of ether oxygens (including phenoxy) is 2. The molecule has 1 aromatic rings. The van der Waals surface area contributed by atoms with E-state index in [9.17, 15) is 9.59 Å². The largest absolute Gasteiger partial charge is 0.444 e. The number of carbonyl (C=O) groups excluding carboxylic acids is 2. The zero-order chi connectivity index (χ0) is 21.6. The highest BCUT2D eigenvalue weighted by atomic mass is 16.6. The van der Waals surface area contributed by atoms with Crippen LogP contribution in [0.5, 0.6) is 0 Å². The van der Waals surface area contributed by atoms with Crippen LogP contribution in [0.15, 0.2) is 12.1 Å². The number of aromatic nitrogens is 1. The fourth-order valence-electron chi connectivity index (χ4n) is 3.98. The third kappa shape index (κ3) is 4.65. The third-order valence-electron chi connectivity index (χ3n) is 5.20. The lowest BCUT2D eigenvalue weighted by Crippen LogP contribution is -2.58. The second-order valence-corrected chi connectivity index (χ2v) is 10.1. The Morgan fingerprint density at radius 2 is 1.62 bits per heavy atom. The van der Waals surface area contributed by atoms with E-state index in [4.69, 9.17) is 9.47 Å². The molecule has 0 bridgehead atoms. The van der Waals surface area contributed by atoms with Crippen molar-refractivity contribution in [1.29, 1.82) is 0 Å². The van der Waals surface area contributed by atoms with Gasteiger partial charge in [-0.25, -0.2) is 14.6 Å². The number of fused-ring (bicyclic) bond motifs is 1. The van der Waals surface area contributed by atoms with Crippen LogP contribution in [0, 0.1) is 6.92 Å². The van der Waals surface area contributed by atoms with Crippen molar-refractivity contribution in [3.05, 3.63) is 23.4 Å². The van der Waals surface area contributed by atoms with E-state index in [0.717, 1.165) is 24.1 Å². The maximum atomic E-state index is 13.3. The van der Waals surface area contributed by atoms with Crippen LogP contribution in [0.4, 0.5) is 15.4 Å². The van der Waals surface area contributed by atoms with E-state index in [0.29, 0.717) is 25.3 Å². The zero-order valence-electron chi connectivity index (χ0n) is 18.7. The van der Waals surface area contributed by atoms with Crippen LogP contribution in [0.2, 0.25) is 0 Å². The molecule has 29 heavy (non-hydrogen) atoms. The van der Waals surface area contributed by atoms with E-state index in [1.807, 2.05) is 60.6 Å². The van der Waals surface area contributed by atoms with Gasteiger partial charge in [-0.3, -0.25) is 4.90 Å². The monoisotopic (exact) mass is 403 g/mol. The summed E-state index contributed by atoms with van der Waals surface area (Å²) in [6.45, 7) is 14.0. The second kappa shape index (κ2) is 7.18. The van der Waals surface area contributed by atoms with Crippen LogP contribution in [-0.2, 0) is 15.9 Å². The van der Waals surface area contributed by atoms with Gasteiger partial charge in [0.05, 0.1) is 5.54 Å². The molecule has 2 amide bonds. The van der Waals surface area contributed by atoms with Crippen molar-refractivity contribution in [3.8, 4) is 0 Å². The molecule has 0 aromatic carbocycles. The van der Waals surface area contributed by atoms with Crippen LogP contribution in [0.3, 0.4) is 0 Å². The molecule has 3 rings (SSSR count). The average Bonchev–Trinajstić information content (AvgIpc) is 2.96. The number of carbonyl (C=O) groups is 2. The summed E-state index contributed by atoms with van der Waals surface area (Å²) in [5, 5.41) is 0. The normalized spacial score (nSPS) is 21.9. The van der Waals surface area contributed by atoms with Crippen LogP contribution in [-0.4, -0.2) is 51.9 Å². The van der Waals surface area contributed by atoms with Gasteiger partial charge in [0.25, 0.3) is 0 Å². The van der Waals surface area contributed by atoms with Crippen molar-refractivity contribution in [3.63, 3.8) is 0 Å². The number of rotatable bonds is 0. The van der Waals surface area contributed by atoms with Crippen molar-refractivity contribution >= 4 is 18.0 Å². The first-order valence-corrected chi connectivity index (χ1v) is 10.3. The minimum atomic E-state index is -0.622. The van der Waals surface area contributed by atoms with Crippen molar-refractivity contribution < 1.29 is 19.1 Å². The van der Waals surface area contributed by atoms with Gasteiger partial charge in [0.2, 0.25) is 0 Å². The molecule has 0 N–H and O–H groups in total. The van der Waals surface area contributed by atoms with Gasteiger partial charge in [-0.15, -0.1) is 0 Å². The summed E-state index contributed by atoms with van der Waals surface area (Å²) < 4.78 is 11.3. The number of pyridine rings is 1. The van der Waals surface area contributed by atoms with Crippen LogP contribution in [0.25, 0.3) is 0 Å². The smallest absolute Gasteiger partial charge is 0.416 e. The van der Waals surface area contributed by atoms with Crippen molar-refractivity contribution in [2.45, 2.75) is 84.5 Å². The first-order valence-electron chi connectivity index (χ1n) is 10.3. The fraction of sp³-hybridized carbons (Fsp3) is 0.682. The molecule has 7 nitrogen and oxygen atoms in total. The molecule has 1 aromatic heterocycles. The van der Waals surface area contributed by atoms with E-state index in [-0.39, 0.29) is 6.09 Å². The van der Waals surface area contributed by atoms with Crippen molar-refractivity contribution in [1.82, 2.24) is 9.88 Å². The number of likely N-dealkylation sites (tertiary alicyclic amines) is 1. The molecular weight excluding hydrogens is 370 g/mol. The van der Waals surface area contributed by atoms with Gasteiger partial charge < -0.3 is 14.4 Å². The maximum Gasteiger partial charge on any atom is 0.416 e. The number of hydrogen-bond donors (Lipinski definition) is 0. The number of nitrogens with zero attached hydrogens (tertiary/aromatic N) is 3. The third-order valence-corrected chi connectivity index (χ3v) is 5.20. The molecule has 0 radical (unpaired) electrons. The minimum Gasteiger partial charge on any atom is -0.444 e. The predicted octanol–water partition coefficient (Wildman–Crippen LogP) is 4.46. The Balaban J connectivity index is 1.95. The van der Waals surface area contributed by atoms with E-state index >= 15 is 0 Å². The summed E-state index contributed by atoms with van der Waals surface area (Å²) in [5.41, 5.74) is 0.158. The molecule has 2 aliphatic rings. The number of aryl methyl sites for hydroxylation is 2. The summed E-state index contributed by atoms with van der Waals surface area (Å²) in [6, 6.07) is 3.99. The number of amides is 2. The Morgan fingerprint density at radius 1 is 1.00 bits per heavy atom. The lowest BCUT2D eigenvalue weighted by atomic mass is 9.84. The predicted molar refractivity (Wildman–Crippen MR) is 111 cm³/mol. The molecule has 1 spiro atoms. The van der Waals surface area contributed by atoms with Gasteiger partial charge in [-0.05, 0) is 79.4 Å². The van der Waals surface area contributed by atoms with Crippen molar-refractivity contribution in [2.75, 3.05) is 18.0 Å². The summed E-state index contributed by atoms with van der Waals surface area (Å²) in [7, 11) is 0. The highest BCUT2D eigenvalue weighted by Gasteiger charge is 2.52. The molecule has 1 atom stereocenters. The first-order chi connectivity index (χ1) is 13.3. The molecule has 1 saturated heterocycles. The number of hydrogen-bond acceptors (Lipinski definition) is 5. The van der Waals surface area contributed by atoms with E-state index in [2.05, 4.69) is 4.98 Å². The zero-order valence-corrected chi connectivity index (χ0v) is 18.7. The van der Waals surface area contributed by atoms with Crippen LogP contribution < -0.4 is 4.90 Å². The Hall–Kier alpha value is -2.31. The Bertz CT molecular complexity index is 809. The molecule has 7 heteroatoms. The fourth-order valence-corrected chi connectivity index (χ4v) is 3.98. The molecule has 1 unspecified atom stereocenters. The van der Waals surface area contributed by atoms with Gasteiger partial charge >= 0.3 is 12.2 Å². The molecule has 1 fully saturated rings. The SMILES string of the molecule is Cc1ccc2c(n1)N(C(=O)OC(C)(C)C)C1(CC2)CCN(C(=O)OC(C)(C)C)C1. The molecular formula is C22H33N3O4. The van der Waals surface area contributed by atoms with Gasteiger partial charge in [-0.2, -0.15) is 0 Å². The second-order valence-electron chi connectivity index (χ2n) is 10.1. The summed E-state index contributed by atoms with van der Waals surface area (Å²) >= 11 is 0. The van der Waals surface area contributed by atoms with E-state index in [1.54, 1.807) is 9.80 Å². The molecule has 3 heterocycles. The lowest BCUT2D eigenvalue weighted by molar-refractivity contribution is 0.0272. The first kappa shape index (κ1) is 21.4. The van der Waals surface area contributed by atoms with Crippen molar-refractivity contribution in [2.24, 2.45) is 0 Å². The topological polar surface area (TPSA) is 72.0 Å². The van der Waals surface area contributed by atoms with Gasteiger partial charge in [0, 0.05) is 18.8 Å². The Labute approximate surface area is 173 Å². The molecule has 2 aliphatic heterocycles. The Kier molecular flexibility index (Phi) is 5.30. The quantitative estimate of drug-likeness (QED) is 0.640. The Morgan fingerprint density at radius 3 is 2.24 bits per heavy atom. The van der Waals surface area contributed by atoms with Crippen LogP contribution in [0.1, 0.15) is 65.6 Å². The van der Waals surface area contributed by atoms with Gasteiger partial charge in [-0.1, -0.05) is 6.07 Å². The molecule has 0 saturated carbocycles. The van der Waals surface area contributed by atoms with E-state index < -0.39 is 22.8 Å². The molecule has 160 valence electrons. The highest BCUT2D eigenvalue weighted by Crippen LogP contribution is 2.42. The average molecular weight is 404 g/mol. The summed E-state index contributed by atoms with van der Waals surface area (Å²) in [5.74, 6) is 0.650. The van der Waals surface area contributed by atoms with Crippen LogP contribution >= 0.6 is 0 Å². The minimum absolute atomic E-state index is 0.346. The maximum absolute atomic E-state index is 13.3. The summed E-state index contributed by atoms with van der Waals surface area (Å²) in [6.07, 6.45) is 1.47. The standard InChI is InChI=1S/C22H33N3O4/c1-15-8-9-16-10-11-22(12-13-24(14-22)18(26)28-20(2,3)4)25(17(16)23-15)19(27)29-21(5,6)7/h8-9H,10-14H2,1-7H3. The summed E-state index contributed by atoms with van der Waals surface area (Å²) in [4.78, 5) is 34.0. The van der Waals surface area contributed by atoms with Gasteiger partial charge in [0.1, 0.15) is 17.0 Å². The highest BCUT2D eigenvalue weighted by molar-refractivity contribution is 5.90.